The first kappa shape index (κ1) is 7.48. The maximum atomic E-state index is 8.68. The van der Waals surface area contributed by atoms with Crippen molar-refractivity contribution in [3.05, 3.63) is 0 Å². The molecule has 0 rings (SSSR count). The second-order valence-electron chi connectivity index (χ2n) is 1.64. The van der Waals surface area contributed by atoms with E-state index in [4.69, 9.17) is 5.21 Å². The van der Waals surface area contributed by atoms with Crippen molar-refractivity contribution < 1.29 is 5.21 Å². The number of hydrogen-bond acceptors (Lipinski definition) is 2. The summed E-state index contributed by atoms with van der Waals surface area (Å²) in [6.07, 6.45) is 0. The Morgan fingerprint density at radius 2 is 2.12 bits per heavy atom. The number of rotatable bonds is 1. The first-order valence-corrected chi connectivity index (χ1v) is 2.52. The van der Waals surface area contributed by atoms with Crippen LogP contribution in [0.1, 0.15) is 13.8 Å². The lowest BCUT2D eigenvalue weighted by Crippen LogP contribution is -2.23. The van der Waals surface area contributed by atoms with Crippen LogP contribution in [0.4, 0.5) is 0 Å². The van der Waals surface area contributed by atoms with Crippen LogP contribution in [0.25, 0.3) is 0 Å². The highest BCUT2D eigenvalue weighted by Crippen LogP contribution is 1.85. The van der Waals surface area contributed by atoms with E-state index in [0.29, 0.717) is 0 Å². The van der Waals surface area contributed by atoms with Gasteiger partial charge < -0.3 is 5.21 Å². The van der Waals surface area contributed by atoms with Crippen molar-refractivity contribution in [1.29, 1.82) is 0 Å². The Morgan fingerprint density at radius 3 is 2.25 bits per heavy atom. The van der Waals surface area contributed by atoms with E-state index >= 15 is 0 Å². The van der Waals surface area contributed by atoms with E-state index in [2.05, 4.69) is 11.8 Å². The minimum absolute atomic E-state index is 0.0556. The van der Waals surface area contributed by atoms with Gasteiger partial charge in [0.2, 0.25) is 0 Å². The first-order chi connectivity index (χ1) is 3.68. The van der Waals surface area contributed by atoms with Crippen LogP contribution in [-0.2, 0) is 0 Å². The Morgan fingerprint density at radius 1 is 1.62 bits per heavy atom. The van der Waals surface area contributed by atoms with E-state index in [1.807, 2.05) is 6.92 Å². The van der Waals surface area contributed by atoms with E-state index in [1.165, 1.54) is 0 Å². The van der Waals surface area contributed by atoms with Crippen molar-refractivity contribution in [3.63, 3.8) is 0 Å². The molecule has 0 saturated carbocycles. The number of hydrogen-bond donors (Lipinski definition) is 1. The molecule has 0 spiro atoms. The van der Waals surface area contributed by atoms with Gasteiger partial charge in [0, 0.05) is 7.05 Å². The Balaban J connectivity index is 3.58. The normalized spacial score (nSPS) is 12.6. The average molecular weight is 113 g/mol. The fourth-order valence-electron chi connectivity index (χ4n) is 0.302. The summed E-state index contributed by atoms with van der Waals surface area (Å²) in [6, 6.07) is -0.0556. The van der Waals surface area contributed by atoms with Gasteiger partial charge in [0.05, 0.1) is 6.04 Å². The van der Waals surface area contributed by atoms with Gasteiger partial charge in [-0.15, -0.1) is 5.92 Å². The Bertz CT molecular complexity index is 109. The summed E-state index contributed by atoms with van der Waals surface area (Å²) < 4.78 is 0. The van der Waals surface area contributed by atoms with Gasteiger partial charge in [0.1, 0.15) is 0 Å². The maximum Gasteiger partial charge on any atom is 0.0925 e. The SMILES string of the molecule is CC#C[C@@H](C)N(C)O. The van der Waals surface area contributed by atoms with Crippen LogP contribution in [0.3, 0.4) is 0 Å². The molecule has 0 aromatic rings. The third kappa shape index (κ3) is 2.62. The smallest absolute Gasteiger partial charge is 0.0925 e. The van der Waals surface area contributed by atoms with E-state index in [9.17, 15) is 0 Å². The quantitative estimate of drug-likeness (QED) is 0.400. The molecule has 1 N–H and O–H groups in total. The van der Waals surface area contributed by atoms with Gasteiger partial charge in [-0.05, 0) is 13.8 Å². The summed E-state index contributed by atoms with van der Waals surface area (Å²) in [4.78, 5) is 0. The maximum absolute atomic E-state index is 8.68. The van der Waals surface area contributed by atoms with E-state index in [0.717, 1.165) is 5.06 Å². The molecular formula is C6H11NO. The standard InChI is InChI=1S/C6H11NO/c1-4-5-6(2)7(3)8/h6,8H,1-3H3/t6-/m1/s1. The van der Waals surface area contributed by atoms with E-state index < -0.39 is 0 Å². The van der Waals surface area contributed by atoms with Gasteiger partial charge in [0.15, 0.2) is 0 Å². The summed E-state index contributed by atoms with van der Waals surface area (Å²) in [5, 5.41) is 9.76. The molecule has 2 nitrogen and oxygen atoms in total. The minimum Gasteiger partial charge on any atom is -0.313 e. The second kappa shape index (κ2) is 3.48. The van der Waals surface area contributed by atoms with Crippen molar-refractivity contribution >= 4 is 0 Å². The van der Waals surface area contributed by atoms with Crippen LogP contribution < -0.4 is 0 Å². The monoisotopic (exact) mass is 113 g/mol. The zero-order valence-electron chi connectivity index (χ0n) is 5.47. The molecule has 0 aliphatic rings. The number of nitrogens with zero attached hydrogens (tertiary/aromatic N) is 1. The summed E-state index contributed by atoms with van der Waals surface area (Å²) in [5.74, 6) is 5.47. The molecule has 0 saturated heterocycles. The molecule has 0 bridgehead atoms. The van der Waals surface area contributed by atoms with Crippen LogP contribution in [-0.4, -0.2) is 23.4 Å². The van der Waals surface area contributed by atoms with Gasteiger partial charge in [-0.3, -0.25) is 0 Å². The zero-order valence-corrected chi connectivity index (χ0v) is 5.47. The third-order valence-corrected chi connectivity index (χ3v) is 0.914. The molecule has 46 valence electrons. The van der Waals surface area contributed by atoms with Crippen LogP contribution in [0, 0.1) is 11.8 Å². The molecule has 8 heavy (non-hydrogen) atoms. The Kier molecular flexibility index (Phi) is 3.25. The minimum atomic E-state index is -0.0556. The van der Waals surface area contributed by atoms with Crippen molar-refractivity contribution in [1.82, 2.24) is 5.06 Å². The predicted octanol–water partition coefficient (Wildman–Crippen LogP) is 0.719. The zero-order chi connectivity index (χ0) is 6.57. The van der Waals surface area contributed by atoms with Gasteiger partial charge in [-0.2, -0.15) is 5.06 Å². The highest BCUT2D eigenvalue weighted by atomic mass is 16.5. The lowest BCUT2D eigenvalue weighted by molar-refractivity contribution is -0.0801. The molecule has 0 amide bonds. The van der Waals surface area contributed by atoms with Gasteiger partial charge in [0.25, 0.3) is 0 Å². The Hall–Kier alpha value is -0.520. The number of hydroxylamine groups is 2. The molecule has 1 atom stereocenters. The lowest BCUT2D eigenvalue weighted by atomic mass is 10.3. The molecule has 0 aliphatic heterocycles. The van der Waals surface area contributed by atoms with Crippen LogP contribution in [0.2, 0.25) is 0 Å². The fourth-order valence-corrected chi connectivity index (χ4v) is 0.302. The summed E-state index contributed by atoms with van der Waals surface area (Å²) in [5.41, 5.74) is 0. The molecule has 0 radical (unpaired) electrons. The second-order valence-corrected chi connectivity index (χ2v) is 1.64. The topological polar surface area (TPSA) is 23.5 Å². The van der Waals surface area contributed by atoms with Crippen LogP contribution in [0.15, 0.2) is 0 Å². The van der Waals surface area contributed by atoms with Crippen molar-refractivity contribution in [2.75, 3.05) is 7.05 Å². The van der Waals surface area contributed by atoms with Crippen molar-refractivity contribution in [2.24, 2.45) is 0 Å². The summed E-state index contributed by atoms with van der Waals surface area (Å²) in [7, 11) is 1.58. The van der Waals surface area contributed by atoms with Crippen LogP contribution in [0.5, 0.6) is 0 Å². The summed E-state index contributed by atoms with van der Waals surface area (Å²) in [6.45, 7) is 3.58. The van der Waals surface area contributed by atoms with E-state index in [1.54, 1.807) is 14.0 Å². The molecule has 0 unspecified atom stereocenters. The lowest BCUT2D eigenvalue weighted by Gasteiger charge is -2.09. The third-order valence-electron chi connectivity index (χ3n) is 0.914. The highest BCUT2D eigenvalue weighted by Gasteiger charge is 1.97. The Labute approximate surface area is 50.1 Å². The predicted molar refractivity (Wildman–Crippen MR) is 32.5 cm³/mol. The van der Waals surface area contributed by atoms with Gasteiger partial charge >= 0.3 is 0 Å². The van der Waals surface area contributed by atoms with Gasteiger partial charge in [-0.1, -0.05) is 5.92 Å². The molecular weight excluding hydrogens is 102 g/mol. The fraction of sp³-hybridized carbons (Fsp3) is 0.667. The molecule has 0 aromatic heterocycles. The molecule has 0 aliphatic carbocycles. The van der Waals surface area contributed by atoms with Crippen LogP contribution >= 0.6 is 0 Å². The van der Waals surface area contributed by atoms with E-state index in [-0.39, 0.29) is 6.04 Å². The largest absolute Gasteiger partial charge is 0.313 e. The molecule has 2 heteroatoms. The average Bonchev–Trinajstić information content (AvgIpc) is 1.67. The molecule has 0 fully saturated rings. The first-order valence-electron chi connectivity index (χ1n) is 2.52. The highest BCUT2D eigenvalue weighted by molar-refractivity contribution is 5.02. The summed E-state index contributed by atoms with van der Waals surface area (Å²) >= 11 is 0. The molecule has 0 heterocycles. The molecule has 0 aromatic carbocycles. The van der Waals surface area contributed by atoms with Crippen molar-refractivity contribution in [3.8, 4) is 11.8 Å². The van der Waals surface area contributed by atoms with Gasteiger partial charge in [-0.25, -0.2) is 0 Å². The van der Waals surface area contributed by atoms with Crippen molar-refractivity contribution in [2.45, 2.75) is 19.9 Å².